The molecule has 0 aromatic heterocycles. The van der Waals surface area contributed by atoms with Crippen LogP contribution in [0.25, 0.3) is 0 Å². The zero-order valence-corrected chi connectivity index (χ0v) is 13.9. The third-order valence-electron chi connectivity index (χ3n) is 6.22. The number of rotatable bonds is 6. The van der Waals surface area contributed by atoms with E-state index in [4.69, 9.17) is 10.5 Å². The fourth-order valence-electron chi connectivity index (χ4n) is 4.07. The molecule has 0 bridgehead atoms. The number of nitrogens with two attached hydrogens (primary N) is 1. The highest BCUT2D eigenvalue weighted by Gasteiger charge is 2.37. The van der Waals surface area contributed by atoms with Crippen LogP contribution in [0.15, 0.2) is 0 Å². The van der Waals surface area contributed by atoms with Crippen molar-refractivity contribution in [1.29, 1.82) is 0 Å². The van der Waals surface area contributed by atoms with Gasteiger partial charge in [0, 0.05) is 12.1 Å². The smallest absolute Gasteiger partial charge is 0.0576 e. The van der Waals surface area contributed by atoms with Crippen molar-refractivity contribution < 1.29 is 4.74 Å². The Morgan fingerprint density at radius 2 is 1.90 bits per heavy atom. The minimum atomic E-state index is 0.124. The SMILES string of the molecule is CCC(C)(C)C1CCC(N)(CCCC2CCCO2)CC1. The molecule has 0 aromatic carbocycles. The van der Waals surface area contributed by atoms with E-state index >= 15 is 0 Å². The van der Waals surface area contributed by atoms with Gasteiger partial charge in [-0.3, -0.25) is 0 Å². The van der Waals surface area contributed by atoms with Crippen molar-refractivity contribution in [3.05, 3.63) is 0 Å². The number of hydrogen-bond acceptors (Lipinski definition) is 2. The van der Waals surface area contributed by atoms with Crippen molar-refractivity contribution in [3.63, 3.8) is 0 Å². The quantitative estimate of drug-likeness (QED) is 0.768. The molecule has 2 rings (SSSR count). The van der Waals surface area contributed by atoms with E-state index in [0.717, 1.165) is 12.5 Å². The molecule has 0 aromatic rings. The maximum atomic E-state index is 6.65. The Morgan fingerprint density at radius 1 is 1.20 bits per heavy atom. The summed E-state index contributed by atoms with van der Waals surface area (Å²) < 4.78 is 5.71. The first-order valence-electron chi connectivity index (χ1n) is 8.86. The lowest BCUT2D eigenvalue weighted by Gasteiger charge is -2.43. The predicted octanol–water partition coefficient (Wildman–Crippen LogP) is 4.66. The van der Waals surface area contributed by atoms with E-state index in [-0.39, 0.29) is 5.54 Å². The summed E-state index contributed by atoms with van der Waals surface area (Å²) in [5.41, 5.74) is 7.27. The van der Waals surface area contributed by atoms with E-state index in [0.29, 0.717) is 11.5 Å². The van der Waals surface area contributed by atoms with Crippen LogP contribution in [-0.4, -0.2) is 18.2 Å². The number of ether oxygens (including phenoxy) is 1. The van der Waals surface area contributed by atoms with Gasteiger partial charge in [-0.05, 0) is 69.1 Å². The van der Waals surface area contributed by atoms with Gasteiger partial charge in [-0.1, -0.05) is 27.2 Å². The second kappa shape index (κ2) is 6.79. The van der Waals surface area contributed by atoms with Gasteiger partial charge in [0.2, 0.25) is 0 Å². The van der Waals surface area contributed by atoms with Gasteiger partial charge in [-0.25, -0.2) is 0 Å². The van der Waals surface area contributed by atoms with Crippen molar-refractivity contribution >= 4 is 0 Å². The van der Waals surface area contributed by atoms with E-state index in [9.17, 15) is 0 Å². The highest BCUT2D eigenvalue weighted by molar-refractivity contribution is 4.93. The molecule has 1 saturated heterocycles. The molecule has 0 spiro atoms. The monoisotopic (exact) mass is 281 g/mol. The summed E-state index contributed by atoms with van der Waals surface area (Å²) in [7, 11) is 0. The Hall–Kier alpha value is -0.0800. The maximum absolute atomic E-state index is 6.65. The van der Waals surface area contributed by atoms with Crippen molar-refractivity contribution in [2.45, 2.75) is 96.6 Å². The lowest BCUT2D eigenvalue weighted by atomic mass is 9.65. The van der Waals surface area contributed by atoms with Crippen LogP contribution in [0.1, 0.15) is 85.0 Å². The molecule has 118 valence electrons. The second-order valence-corrected chi connectivity index (χ2v) is 8.01. The lowest BCUT2D eigenvalue weighted by Crippen LogP contribution is -2.45. The highest BCUT2D eigenvalue weighted by Crippen LogP contribution is 2.44. The highest BCUT2D eigenvalue weighted by atomic mass is 16.5. The minimum Gasteiger partial charge on any atom is -0.378 e. The molecule has 0 amide bonds. The molecular weight excluding hydrogens is 246 g/mol. The van der Waals surface area contributed by atoms with E-state index in [1.165, 1.54) is 64.2 Å². The fraction of sp³-hybridized carbons (Fsp3) is 1.00. The molecule has 2 heteroatoms. The van der Waals surface area contributed by atoms with Gasteiger partial charge in [-0.15, -0.1) is 0 Å². The molecule has 2 aliphatic rings. The third kappa shape index (κ3) is 4.21. The summed E-state index contributed by atoms with van der Waals surface area (Å²) in [5.74, 6) is 0.877. The van der Waals surface area contributed by atoms with Crippen molar-refractivity contribution in [3.8, 4) is 0 Å². The average Bonchev–Trinajstić information content (AvgIpc) is 2.92. The van der Waals surface area contributed by atoms with Crippen molar-refractivity contribution in [2.75, 3.05) is 6.61 Å². The van der Waals surface area contributed by atoms with Gasteiger partial charge in [0.05, 0.1) is 6.10 Å². The lowest BCUT2D eigenvalue weighted by molar-refractivity contribution is 0.0906. The van der Waals surface area contributed by atoms with Crippen molar-refractivity contribution in [1.82, 2.24) is 0 Å². The van der Waals surface area contributed by atoms with Crippen LogP contribution in [0.2, 0.25) is 0 Å². The van der Waals surface area contributed by atoms with Gasteiger partial charge in [0.1, 0.15) is 0 Å². The molecule has 1 atom stereocenters. The topological polar surface area (TPSA) is 35.2 Å². The molecule has 0 radical (unpaired) electrons. The molecule has 2 N–H and O–H groups in total. The molecule has 1 saturated carbocycles. The minimum absolute atomic E-state index is 0.124. The van der Waals surface area contributed by atoms with Crippen molar-refractivity contribution in [2.24, 2.45) is 17.1 Å². The van der Waals surface area contributed by atoms with Gasteiger partial charge in [0.15, 0.2) is 0 Å². The Balaban J connectivity index is 1.70. The van der Waals surface area contributed by atoms with Gasteiger partial charge >= 0.3 is 0 Å². The standard InChI is InChI=1S/C18H35NO/c1-4-17(2,3)15-9-12-18(19,13-10-15)11-5-7-16-8-6-14-20-16/h15-16H,4-14,19H2,1-3H3. The normalized spacial score (nSPS) is 35.4. The van der Waals surface area contributed by atoms with E-state index in [1.807, 2.05) is 0 Å². The Morgan fingerprint density at radius 3 is 2.45 bits per heavy atom. The van der Waals surface area contributed by atoms with E-state index in [2.05, 4.69) is 20.8 Å². The zero-order chi connectivity index (χ0) is 14.6. The van der Waals surface area contributed by atoms with E-state index in [1.54, 1.807) is 0 Å². The van der Waals surface area contributed by atoms with Crippen LogP contribution in [0.4, 0.5) is 0 Å². The molecule has 1 unspecified atom stereocenters. The molecule has 2 nitrogen and oxygen atoms in total. The van der Waals surface area contributed by atoms with Crippen LogP contribution >= 0.6 is 0 Å². The first-order valence-corrected chi connectivity index (χ1v) is 8.86. The Labute approximate surface area is 125 Å². The summed E-state index contributed by atoms with van der Waals surface area (Å²) in [5, 5.41) is 0. The first kappa shape index (κ1) is 16.3. The van der Waals surface area contributed by atoms with Crippen LogP contribution in [-0.2, 0) is 4.74 Å². The summed E-state index contributed by atoms with van der Waals surface area (Å²) in [6.07, 6.45) is 13.1. The second-order valence-electron chi connectivity index (χ2n) is 8.01. The summed E-state index contributed by atoms with van der Waals surface area (Å²) in [6, 6.07) is 0. The fourth-order valence-corrected chi connectivity index (χ4v) is 4.07. The summed E-state index contributed by atoms with van der Waals surface area (Å²) in [4.78, 5) is 0. The molecular formula is C18H35NO. The number of hydrogen-bond donors (Lipinski definition) is 1. The molecule has 1 heterocycles. The van der Waals surface area contributed by atoms with Gasteiger partial charge in [0.25, 0.3) is 0 Å². The molecule has 2 fully saturated rings. The first-order chi connectivity index (χ1) is 9.45. The third-order valence-corrected chi connectivity index (χ3v) is 6.22. The van der Waals surface area contributed by atoms with E-state index < -0.39 is 0 Å². The van der Waals surface area contributed by atoms with Crippen LogP contribution < -0.4 is 5.73 Å². The summed E-state index contributed by atoms with van der Waals surface area (Å²) in [6.45, 7) is 8.16. The van der Waals surface area contributed by atoms with Crippen LogP contribution in [0, 0.1) is 11.3 Å². The average molecular weight is 281 g/mol. The maximum Gasteiger partial charge on any atom is 0.0576 e. The Kier molecular flexibility index (Phi) is 5.53. The van der Waals surface area contributed by atoms with Gasteiger partial charge in [-0.2, -0.15) is 0 Å². The predicted molar refractivity (Wildman–Crippen MR) is 85.8 cm³/mol. The summed E-state index contributed by atoms with van der Waals surface area (Å²) >= 11 is 0. The Bertz CT molecular complexity index is 286. The van der Waals surface area contributed by atoms with Crippen LogP contribution in [0.5, 0.6) is 0 Å². The molecule has 1 aliphatic carbocycles. The largest absolute Gasteiger partial charge is 0.378 e. The molecule has 20 heavy (non-hydrogen) atoms. The molecule has 1 aliphatic heterocycles. The zero-order valence-electron chi connectivity index (χ0n) is 13.9. The van der Waals surface area contributed by atoms with Crippen LogP contribution in [0.3, 0.4) is 0 Å². The van der Waals surface area contributed by atoms with Gasteiger partial charge < -0.3 is 10.5 Å².